The molecule has 5 rings (SSSR count). The average Bonchev–Trinajstić information content (AvgIpc) is 3.45. The third kappa shape index (κ3) is 3.35. The zero-order valence-corrected chi connectivity index (χ0v) is 15.7. The van der Waals surface area contributed by atoms with Crippen LogP contribution in [0.15, 0.2) is 42.5 Å². The summed E-state index contributed by atoms with van der Waals surface area (Å²) in [5, 5.41) is 0. The molecule has 2 heterocycles. The van der Waals surface area contributed by atoms with Crippen LogP contribution in [0.4, 0.5) is 10.3 Å². The number of para-hydroxylation sites is 2. The van der Waals surface area contributed by atoms with Crippen LogP contribution in [-0.4, -0.2) is 47.0 Å². The van der Waals surface area contributed by atoms with Gasteiger partial charge in [0.1, 0.15) is 5.82 Å². The molecule has 1 aliphatic carbocycles. The predicted octanol–water partition coefficient (Wildman–Crippen LogP) is 3.47. The predicted molar refractivity (Wildman–Crippen MR) is 107 cm³/mol. The molecule has 0 spiro atoms. The summed E-state index contributed by atoms with van der Waals surface area (Å²) in [6.45, 7) is 2.78. The van der Waals surface area contributed by atoms with Crippen molar-refractivity contribution in [3.8, 4) is 0 Å². The van der Waals surface area contributed by atoms with Gasteiger partial charge in [-0.25, -0.2) is 9.37 Å². The van der Waals surface area contributed by atoms with Gasteiger partial charge >= 0.3 is 0 Å². The summed E-state index contributed by atoms with van der Waals surface area (Å²) in [7, 11) is 0. The number of imidazole rings is 1. The quantitative estimate of drug-likeness (QED) is 0.756. The summed E-state index contributed by atoms with van der Waals surface area (Å²) in [4.78, 5) is 24.7. The number of fused-ring (bicyclic) bond motifs is 1. The van der Waals surface area contributed by atoms with Gasteiger partial charge in [0.2, 0.25) is 11.9 Å². The Hall–Kier alpha value is -2.89. The van der Waals surface area contributed by atoms with E-state index in [1.807, 2.05) is 41.3 Å². The Morgan fingerprint density at radius 1 is 1.11 bits per heavy atom. The van der Waals surface area contributed by atoms with E-state index in [4.69, 9.17) is 0 Å². The molecule has 1 amide bonds. The lowest BCUT2D eigenvalue weighted by molar-refractivity contribution is -0.130. The maximum atomic E-state index is 14.2. The molecular weight excluding hydrogens is 355 g/mol. The number of aromatic nitrogens is 2. The van der Waals surface area contributed by atoms with E-state index >= 15 is 0 Å². The highest BCUT2D eigenvalue weighted by Gasteiger charge is 2.27. The molecule has 0 atom stereocenters. The summed E-state index contributed by atoms with van der Waals surface area (Å²) in [6, 6.07) is 13.3. The van der Waals surface area contributed by atoms with E-state index < -0.39 is 0 Å². The number of rotatable bonds is 4. The van der Waals surface area contributed by atoms with E-state index in [0.29, 0.717) is 19.0 Å². The van der Waals surface area contributed by atoms with Crippen molar-refractivity contribution in [2.45, 2.75) is 25.2 Å². The number of hydrogen-bond acceptors (Lipinski definition) is 3. The molecule has 2 aromatic carbocycles. The summed E-state index contributed by atoms with van der Waals surface area (Å²) >= 11 is 0. The first-order valence-electron chi connectivity index (χ1n) is 9.93. The Labute approximate surface area is 163 Å². The number of nitrogens with one attached hydrogen (secondary N) is 1. The van der Waals surface area contributed by atoms with Gasteiger partial charge in [0, 0.05) is 26.2 Å². The second-order valence-electron chi connectivity index (χ2n) is 7.75. The molecular formula is C22H23FN4O. The molecule has 0 bridgehead atoms. The zero-order chi connectivity index (χ0) is 19.1. The van der Waals surface area contributed by atoms with Crippen LogP contribution in [0.5, 0.6) is 0 Å². The van der Waals surface area contributed by atoms with Gasteiger partial charge in [-0.05, 0) is 48.1 Å². The lowest BCUT2D eigenvalue weighted by atomic mass is 10.0. The van der Waals surface area contributed by atoms with Gasteiger partial charge in [0.05, 0.1) is 17.5 Å². The van der Waals surface area contributed by atoms with Crippen molar-refractivity contribution in [3.05, 3.63) is 59.4 Å². The van der Waals surface area contributed by atoms with Crippen LogP contribution in [0, 0.1) is 5.82 Å². The molecule has 1 saturated heterocycles. The molecule has 1 aromatic heterocycles. The van der Waals surface area contributed by atoms with E-state index in [0.717, 1.165) is 54.0 Å². The second-order valence-corrected chi connectivity index (χ2v) is 7.75. The number of nitrogens with zero attached hydrogens (tertiary/aromatic N) is 3. The number of aromatic amines is 1. The van der Waals surface area contributed by atoms with E-state index in [1.54, 1.807) is 0 Å². The molecule has 28 heavy (non-hydrogen) atoms. The molecule has 2 aliphatic rings. The third-order valence-electron chi connectivity index (χ3n) is 5.75. The Morgan fingerprint density at radius 2 is 1.89 bits per heavy atom. The van der Waals surface area contributed by atoms with Gasteiger partial charge in [0.15, 0.2) is 0 Å². The molecule has 6 heteroatoms. The lowest BCUT2D eigenvalue weighted by Crippen LogP contribution is -2.49. The van der Waals surface area contributed by atoms with Crippen molar-refractivity contribution in [2.24, 2.45) is 0 Å². The number of amides is 1. The van der Waals surface area contributed by atoms with Gasteiger partial charge in [-0.2, -0.15) is 0 Å². The maximum absolute atomic E-state index is 14.2. The topological polar surface area (TPSA) is 52.2 Å². The number of carbonyl (C=O) groups is 1. The van der Waals surface area contributed by atoms with Crippen molar-refractivity contribution in [2.75, 3.05) is 31.1 Å². The summed E-state index contributed by atoms with van der Waals surface area (Å²) in [5.41, 5.74) is 3.53. The Morgan fingerprint density at radius 3 is 2.61 bits per heavy atom. The van der Waals surface area contributed by atoms with Crippen LogP contribution in [0.3, 0.4) is 0 Å². The Kier molecular flexibility index (Phi) is 4.26. The molecule has 0 unspecified atom stereocenters. The van der Waals surface area contributed by atoms with E-state index in [9.17, 15) is 9.18 Å². The largest absolute Gasteiger partial charge is 0.339 e. The minimum atomic E-state index is -0.164. The van der Waals surface area contributed by atoms with E-state index in [1.165, 1.54) is 6.07 Å². The van der Waals surface area contributed by atoms with Crippen molar-refractivity contribution in [1.82, 2.24) is 14.9 Å². The zero-order valence-electron chi connectivity index (χ0n) is 15.7. The summed E-state index contributed by atoms with van der Waals surface area (Å²) in [5.74, 6) is 1.13. The number of hydrogen-bond donors (Lipinski definition) is 1. The third-order valence-corrected chi connectivity index (χ3v) is 5.75. The highest BCUT2D eigenvalue weighted by molar-refractivity contribution is 5.79. The van der Waals surface area contributed by atoms with Gasteiger partial charge in [0.25, 0.3) is 0 Å². The van der Waals surface area contributed by atoms with E-state index in [-0.39, 0.29) is 18.1 Å². The molecule has 2 fully saturated rings. The molecule has 1 aliphatic heterocycles. The maximum Gasteiger partial charge on any atom is 0.227 e. The van der Waals surface area contributed by atoms with Crippen LogP contribution in [0.25, 0.3) is 11.0 Å². The van der Waals surface area contributed by atoms with Crippen molar-refractivity contribution >= 4 is 22.9 Å². The van der Waals surface area contributed by atoms with Crippen LogP contribution in [0.2, 0.25) is 0 Å². The molecule has 5 nitrogen and oxygen atoms in total. The monoisotopic (exact) mass is 378 g/mol. The number of halogens is 1. The minimum Gasteiger partial charge on any atom is -0.339 e. The number of carbonyl (C=O) groups excluding carboxylic acids is 1. The highest BCUT2D eigenvalue weighted by atomic mass is 19.1. The highest BCUT2D eigenvalue weighted by Crippen LogP contribution is 2.41. The molecule has 144 valence electrons. The molecule has 3 aromatic rings. The first kappa shape index (κ1) is 17.2. The normalized spacial score (nSPS) is 17.3. The van der Waals surface area contributed by atoms with Crippen molar-refractivity contribution in [1.29, 1.82) is 0 Å². The van der Waals surface area contributed by atoms with Crippen molar-refractivity contribution in [3.63, 3.8) is 0 Å². The number of H-pyrrole nitrogens is 1. The Bertz CT molecular complexity index is 985. The van der Waals surface area contributed by atoms with Crippen LogP contribution in [0.1, 0.15) is 29.9 Å². The van der Waals surface area contributed by atoms with Gasteiger partial charge in [-0.1, -0.05) is 24.3 Å². The average molecular weight is 378 g/mol. The fraction of sp³-hybridized carbons (Fsp3) is 0.364. The smallest absolute Gasteiger partial charge is 0.227 e. The number of benzene rings is 2. The van der Waals surface area contributed by atoms with E-state index in [2.05, 4.69) is 14.9 Å². The van der Waals surface area contributed by atoms with Crippen LogP contribution in [-0.2, 0) is 11.2 Å². The number of anilines is 1. The minimum absolute atomic E-state index is 0.0582. The fourth-order valence-electron chi connectivity index (χ4n) is 3.95. The molecule has 0 radical (unpaired) electrons. The van der Waals surface area contributed by atoms with Gasteiger partial charge < -0.3 is 14.8 Å². The first-order chi connectivity index (χ1) is 13.7. The summed E-state index contributed by atoms with van der Waals surface area (Å²) < 4.78 is 14.2. The second kappa shape index (κ2) is 6.93. The van der Waals surface area contributed by atoms with Crippen LogP contribution >= 0.6 is 0 Å². The SMILES string of the molecule is O=C(Cc1ccc(C2CC2)c(F)c1)N1CCN(c2nc3ccccc3[nH]2)CC1. The molecule has 1 N–H and O–H groups in total. The first-order valence-corrected chi connectivity index (χ1v) is 9.93. The van der Waals surface area contributed by atoms with Gasteiger partial charge in [-0.3, -0.25) is 4.79 Å². The fourth-order valence-corrected chi connectivity index (χ4v) is 3.95. The Balaban J connectivity index is 1.20. The lowest BCUT2D eigenvalue weighted by Gasteiger charge is -2.34. The van der Waals surface area contributed by atoms with Crippen LogP contribution < -0.4 is 4.90 Å². The summed E-state index contributed by atoms with van der Waals surface area (Å²) in [6.07, 6.45) is 2.40. The molecule has 1 saturated carbocycles. The van der Waals surface area contributed by atoms with Crippen molar-refractivity contribution < 1.29 is 9.18 Å². The number of piperazine rings is 1. The standard InChI is InChI=1S/C22H23FN4O/c23-18-13-15(5-8-17(18)16-6-7-16)14-21(28)26-9-11-27(12-10-26)22-24-19-3-1-2-4-20(19)25-22/h1-5,8,13,16H,6-7,9-12,14H2,(H,24,25). The van der Waals surface area contributed by atoms with Gasteiger partial charge in [-0.15, -0.1) is 0 Å².